The van der Waals surface area contributed by atoms with E-state index in [4.69, 9.17) is 14.7 Å². The molecular weight excluding hydrogens is 426 g/mol. The lowest BCUT2D eigenvalue weighted by molar-refractivity contribution is -0.0630. The number of hydrogen-bond acceptors (Lipinski definition) is 11. The molecule has 1 saturated heterocycles. The summed E-state index contributed by atoms with van der Waals surface area (Å²) in [6, 6.07) is 2.68. The third kappa shape index (κ3) is 3.91. The van der Waals surface area contributed by atoms with Crippen LogP contribution in [0.5, 0.6) is 0 Å². The molecule has 5 atom stereocenters. The predicted molar refractivity (Wildman–Crippen MR) is 112 cm³/mol. The van der Waals surface area contributed by atoms with Crippen LogP contribution in [0.15, 0.2) is 32.0 Å². The molecule has 0 aliphatic carbocycles. The van der Waals surface area contributed by atoms with Gasteiger partial charge in [0.15, 0.2) is 12.2 Å². The van der Waals surface area contributed by atoms with Crippen LogP contribution in [0.4, 0.5) is 0 Å². The van der Waals surface area contributed by atoms with Crippen molar-refractivity contribution in [2.45, 2.75) is 62.7 Å². The summed E-state index contributed by atoms with van der Waals surface area (Å²) in [5.41, 5.74) is 7.90. The number of hydrogen-bond donors (Lipinski definition) is 3. The van der Waals surface area contributed by atoms with Crippen LogP contribution in [-0.2, 0) is 19.0 Å². The normalized spacial score (nSPS) is 30.2. The van der Waals surface area contributed by atoms with Gasteiger partial charge in [-0.15, -0.1) is 0 Å². The van der Waals surface area contributed by atoms with Crippen molar-refractivity contribution in [3.63, 3.8) is 0 Å². The van der Waals surface area contributed by atoms with Crippen LogP contribution in [-0.4, -0.2) is 79.0 Å². The van der Waals surface area contributed by atoms with Gasteiger partial charge in [-0.1, -0.05) is 17.7 Å². The van der Waals surface area contributed by atoms with Gasteiger partial charge in [0, 0.05) is 6.42 Å². The van der Waals surface area contributed by atoms with Gasteiger partial charge in [-0.05, 0) is 31.9 Å². The molecule has 3 aliphatic rings. The van der Waals surface area contributed by atoms with Crippen molar-refractivity contribution in [1.29, 1.82) is 0 Å². The highest BCUT2D eigenvalue weighted by molar-refractivity contribution is 7.87. The first-order chi connectivity index (χ1) is 14.6. The minimum absolute atomic E-state index is 0.0744. The summed E-state index contributed by atoms with van der Waals surface area (Å²) in [7, 11) is -4.20. The Labute approximate surface area is 180 Å². The van der Waals surface area contributed by atoms with Gasteiger partial charge >= 0.3 is 10.1 Å². The zero-order valence-electron chi connectivity index (χ0n) is 17.3. The molecule has 168 valence electrons. The number of aliphatic hydroxyl groups excluding tert-OH is 2. The highest BCUT2D eigenvalue weighted by atomic mass is 32.2. The summed E-state index contributed by atoms with van der Waals surface area (Å²) < 4.78 is 37.2. The van der Waals surface area contributed by atoms with Gasteiger partial charge in [-0.2, -0.15) is 13.4 Å². The summed E-state index contributed by atoms with van der Waals surface area (Å²) >= 11 is 0. The second kappa shape index (κ2) is 7.86. The Balaban J connectivity index is 1.59. The van der Waals surface area contributed by atoms with E-state index in [0.29, 0.717) is 11.1 Å². The molecule has 1 aromatic carbocycles. The zero-order chi connectivity index (χ0) is 22.5. The van der Waals surface area contributed by atoms with Crippen molar-refractivity contribution >= 4 is 28.3 Å². The summed E-state index contributed by atoms with van der Waals surface area (Å²) in [6.45, 7) is 4.96. The maximum absolute atomic E-state index is 13.1. The SMILES string of the molecule is Cc1cc(C)c(S(=O)(=O)OC2=NC(N)=NC3C2N=CN3[C@H]2C[C@H](O)[C@@H](CO)O2)c(C)c1. The highest BCUT2D eigenvalue weighted by Gasteiger charge is 2.46. The number of fused-ring (bicyclic) bond motifs is 1. The number of ether oxygens (including phenoxy) is 1. The molecule has 0 saturated carbocycles. The molecule has 11 nitrogen and oxygen atoms in total. The van der Waals surface area contributed by atoms with Crippen LogP contribution in [0, 0.1) is 20.8 Å². The van der Waals surface area contributed by atoms with E-state index in [0.717, 1.165) is 5.56 Å². The lowest BCUT2D eigenvalue weighted by Gasteiger charge is -2.31. The molecule has 4 N–H and O–H groups in total. The molecule has 0 radical (unpaired) electrons. The number of benzene rings is 1. The number of aliphatic imine (C=N–C) groups is 3. The second-order valence-electron chi connectivity index (χ2n) is 7.89. The lowest BCUT2D eigenvalue weighted by Crippen LogP contribution is -2.48. The number of aliphatic hydroxyl groups is 2. The number of nitrogens with zero attached hydrogens (tertiary/aromatic N) is 4. The molecule has 3 heterocycles. The molecule has 12 heteroatoms. The van der Waals surface area contributed by atoms with Crippen LogP contribution < -0.4 is 5.73 Å². The Morgan fingerprint density at radius 2 is 1.97 bits per heavy atom. The molecule has 4 rings (SSSR count). The molecule has 1 fully saturated rings. The third-order valence-electron chi connectivity index (χ3n) is 5.46. The topological polar surface area (TPSA) is 159 Å². The Morgan fingerprint density at radius 1 is 1.29 bits per heavy atom. The molecule has 0 bridgehead atoms. The summed E-state index contributed by atoms with van der Waals surface area (Å²) in [6.07, 6.45) is -1.24. The Kier molecular flexibility index (Phi) is 5.50. The van der Waals surface area contributed by atoms with E-state index >= 15 is 0 Å². The van der Waals surface area contributed by atoms with Gasteiger partial charge < -0.3 is 29.8 Å². The van der Waals surface area contributed by atoms with Crippen LogP contribution in [0.25, 0.3) is 0 Å². The molecule has 1 aromatic rings. The summed E-state index contributed by atoms with van der Waals surface area (Å²) in [5.74, 6) is -0.343. The van der Waals surface area contributed by atoms with E-state index in [2.05, 4.69) is 15.0 Å². The first kappa shape index (κ1) is 21.7. The van der Waals surface area contributed by atoms with Gasteiger partial charge in [-0.3, -0.25) is 4.99 Å². The van der Waals surface area contributed by atoms with E-state index in [-0.39, 0.29) is 29.8 Å². The Hall–Kier alpha value is -2.54. The van der Waals surface area contributed by atoms with Crippen LogP contribution in [0.3, 0.4) is 0 Å². The summed E-state index contributed by atoms with van der Waals surface area (Å²) in [5, 5.41) is 19.3. The molecule has 2 unspecified atom stereocenters. The van der Waals surface area contributed by atoms with E-state index in [1.54, 1.807) is 30.9 Å². The first-order valence-electron chi connectivity index (χ1n) is 9.80. The monoisotopic (exact) mass is 451 g/mol. The molecular formula is C19H25N5O6S. The minimum atomic E-state index is -4.20. The molecule has 0 spiro atoms. The smallest absolute Gasteiger partial charge is 0.341 e. The fraction of sp³-hybridized carbons (Fsp3) is 0.526. The predicted octanol–water partition coefficient (Wildman–Crippen LogP) is -0.449. The fourth-order valence-electron chi connectivity index (χ4n) is 4.22. The number of guanidine groups is 1. The Morgan fingerprint density at radius 3 is 2.58 bits per heavy atom. The third-order valence-corrected chi connectivity index (χ3v) is 6.99. The average molecular weight is 452 g/mol. The molecule has 0 aromatic heterocycles. The highest BCUT2D eigenvalue weighted by Crippen LogP contribution is 2.31. The Bertz CT molecular complexity index is 1060. The van der Waals surface area contributed by atoms with E-state index in [9.17, 15) is 18.6 Å². The maximum atomic E-state index is 13.1. The van der Waals surface area contributed by atoms with Gasteiger partial charge in [0.25, 0.3) is 0 Å². The van der Waals surface area contributed by atoms with Crippen molar-refractivity contribution in [3.05, 3.63) is 28.8 Å². The number of rotatable bonds is 4. The van der Waals surface area contributed by atoms with Crippen molar-refractivity contribution in [2.75, 3.05) is 6.61 Å². The van der Waals surface area contributed by atoms with Gasteiger partial charge in [-0.25, -0.2) is 4.99 Å². The van der Waals surface area contributed by atoms with Crippen LogP contribution in [0.2, 0.25) is 0 Å². The molecule has 3 aliphatic heterocycles. The van der Waals surface area contributed by atoms with Crippen LogP contribution in [0.1, 0.15) is 23.1 Å². The summed E-state index contributed by atoms with van der Waals surface area (Å²) in [4.78, 5) is 14.2. The largest absolute Gasteiger partial charge is 0.394 e. The fourth-order valence-corrected chi connectivity index (χ4v) is 5.57. The number of aryl methyl sites for hydroxylation is 3. The zero-order valence-corrected chi connectivity index (χ0v) is 18.2. The molecule has 31 heavy (non-hydrogen) atoms. The number of nitrogens with two attached hydrogens (primary N) is 1. The van der Waals surface area contributed by atoms with E-state index in [1.165, 1.54) is 6.34 Å². The van der Waals surface area contributed by atoms with Gasteiger partial charge in [0.2, 0.25) is 11.9 Å². The van der Waals surface area contributed by atoms with Crippen molar-refractivity contribution in [1.82, 2.24) is 4.90 Å². The van der Waals surface area contributed by atoms with E-state index in [1.807, 2.05) is 6.92 Å². The first-order valence-corrected chi connectivity index (χ1v) is 11.2. The average Bonchev–Trinajstić information content (AvgIpc) is 3.23. The molecule has 0 amide bonds. The van der Waals surface area contributed by atoms with Crippen molar-refractivity contribution in [2.24, 2.45) is 20.7 Å². The maximum Gasteiger partial charge on any atom is 0.341 e. The standard InChI is InChI=1S/C19H25N5O6S/c1-9-4-10(2)16(11(3)5-9)31(27,28)30-18-15-17(22-19(20)23-18)24(8-21-15)14-6-12(26)13(7-25)29-14/h4-5,8,12-15,17,25-26H,6-7H2,1-3H3,(H2,20,22)/t12-,13+,14+,15?,17?/m0/s1. The quantitative estimate of drug-likeness (QED) is 0.519. The van der Waals surface area contributed by atoms with Gasteiger partial charge in [0.1, 0.15) is 17.2 Å². The van der Waals surface area contributed by atoms with Crippen molar-refractivity contribution < 1.29 is 27.6 Å². The van der Waals surface area contributed by atoms with E-state index < -0.39 is 40.8 Å². The van der Waals surface area contributed by atoms with Crippen molar-refractivity contribution in [3.8, 4) is 0 Å². The second-order valence-corrected chi connectivity index (χ2v) is 9.37. The minimum Gasteiger partial charge on any atom is -0.394 e. The van der Waals surface area contributed by atoms with Gasteiger partial charge in [0.05, 0.1) is 19.0 Å². The lowest BCUT2D eigenvalue weighted by atomic mass is 10.1. The van der Waals surface area contributed by atoms with Crippen LogP contribution >= 0.6 is 0 Å².